The third-order valence-electron chi connectivity index (χ3n) is 4.79. The first-order valence-corrected chi connectivity index (χ1v) is 9.25. The third-order valence-corrected chi connectivity index (χ3v) is 4.79. The quantitative estimate of drug-likeness (QED) is 0.476. The molecule has 0 saturated carbocycles. The van der Waals surface area contributed by atoms with Crippen LogP contribution in [0.3, 0.4) is 0 Å². The summed E-state index contributed by atoms with van der Waals surface area (Å²) in [6.45, 7) is 0. The molecule has 2 heteroatoms. The van der Waals surface area contributed by atoms with Crippen molar-refractivity contribution in [2.45, 2.75) is 12.8 Å². The Hall–Kier alpha value is -3.70. The maximum absolute atomic E-state index is 10.8. The number of hydrogen-bond acceptors (Lipinski definition) is 2. The number of rotatable bonds is 3. The Balaban J connectivity index is 1.67. The van der Waals surface area contributed by atoms with Gasteiger partial charge >= 0.3 is 0 Å². The lowest BCUT2D eigenvalue weighted by Gasteiger charge is -2.11. The van der Waals surface area contributed by atoms with Gasteiger partial charge in [-0.15, -0.1) is 0 Å². The Morgan fingerprint density at radius 1 is 0.714 bits per heavy atom. The Morgan fingerprint density at radius 3 is 2.11 bits per heavy atom. The number of aromatic hydroxyl groups is 2. The van der Waals surface area contributed by atoms with E-state index in [2.05, 4.69) is 24.0 Å². The van der Waals surface area contributed by atoms with Gasteiger partial charge in [0.2, 0.25) is 0 Å². The van der Waals surface area contributed by atoms with Crippen LogP contribution in [0.4, 0.5) is 0 Å². The summed E-state index contributed by atoms with van der Waals surface area (Å²) in [6, 6.07) is 27.3. The molecule has 0 bridgehead atoms. The largest absolute Gasteiger partial charge is 0.507 e. The zero-order valence-corrected chi connectivity index (χ0v) is 15.4. The molecule has 0 aliphatic rings. The molecule has 4 aromatic rings. The lowest BCUT2D eigenvalue weighted by atomic mass is 9.97. The highest BCUT2D eigenvalue weighted by Crippen LogP contribution is 2.37. The molecule has 0 radical (unpaired) electrons. The highest BCUT2D eigenvalue weighted by molar-refractivity contribution is 5.92. The summed E-state index contributed by atoms with van der Waals surface area (Å²) in [4.78, 5) is 0. The molecule has 0 atom stereocenters. The molecule has 0 fully saturated rings. The molecule has 0 aliphatic heterocycles. The molecule has 0 amide bonds. The molecule has 4 aromatic carbocycles. The third kappa shape index (κ3) is 3.84. The molecule has 4 rings (SSSR count). The molecule has 0 heterocycles. The highest BCUT2D eigenvalue weighted by Gasteiger charge is 2.13. The summed E-state index contributed by atoms with van der Waals surface area (Å²) >= 11 is 0. The Labute approximate surface area is 164 Å². The predicted molar refractivity (Wildman–Crippen MR) is 114 cm³/mol. The van der Waals surface area contributed by atoms with Gasteiger partial charge in [0.1, 0.15) is 11.5 Å². The average molecular weight is 364 g/mol. The number of fused-ring (bicyclic) bond motifs is 1. The van der Waals surface area contributed by atoms with Crippen molar-refractivity contribution >= 4 is 10.8 Å². The van der Waals surface area contributed by atoms with E-state index < -0.39 is 0 Å². The van der Waals surface area contributed by atoms with Crippen LogP contribution >= 0.6 is 0 Å². The van der Waals surface area contributed by atoms with Crippen molar-refractivity contribution in [2.75, 3.05) is 0 Å². The molecule has 0 unspecified atom stereocenters. The van der Waals surface area contributed by atoms with Crippen LogP contribution in [-0.2, 0) is 12.8 Å². The molecule has 2 N–H and O–H groups in total. The van der Waals surface area contributed by atoms with Gasteiger partial charge in [-0.1, -0.05) is 78.6 Å². The molecule has 0 saturated heterocycles. The second-order valence-corrected chi connectivity index (χ2v) is 6.79. The molecule has 0 aliphatic carbocycles. The summed E-state index contributed by atoms with van der Waals surface area (Å²) in [6.07, 6.45) is 1.15. The first kappa shape index (κ1) is 17.7. The van der Waals surface area contributed by atoms with Crippen LogP contribution in [0.15, 0.2) is 84.9 Å². The summed E-state index contributed by atoms with van der Waals surface area (Å²) in [5.74, 6) is 6.58. The summed E-state index contributed by atoms with van der Waals surface area (Å²) < 4.78 is 0. The SMILES string of the molecule is Oc1cc2ccc(C#CCc3ccccc3)cc2c(O)c1Cc1ccccc1. The van der Waals surface area contributed by atoms with E-state index >= 15 is 0 Å². The van der Waals surface area contributed by atoms with Crippen molar-refractivity contribution in [3.8, 4) is 23.3 Å². The molecule has 0 spiro atoms. The van der Waals surface area contributed by atoms with Crippen molar-refractivity contribution in [1.29, 1.82) is 0 Å². The van der Waals surface area contributed by atoms with E-state index in [1.54, 1.807) is 6.07 Å². The lowest BCUT2D eigenvalue weighted by molar-refractivity contribution is 0.445. The minimum Gasteiger partial charge on any atom is -0.507 e. The molecule has 136 valence electrons. The normalized spacial score (nSPS) is 10.4. The summed E-state index contributed by atoms with van der Waals surface area (Å²) in [7, 11) is 0. The predicted octanol–water partition coefficient (Wildman–Crippen LogP) is 5.44. The monoisotopic (exact) mass is 364 g/mol. The second-order valence-electron chi connectivity index (χ2n) is 6.79. The Kier molecular flexibility index (Phi) is 4.99. The average Bonchev–Trinajstić information content (AvgIpc) is 2.73. The van der Waals surface area contributed by atoms with Gasteiger partial charge in [0.05, 0.1) is 0 Å². The second kappa shape index (κ2) is 7.90. The fraction of sp³-hybridized carbons (Fsp3) is 0.0769. The molecular weight excluding hydrogens is 344 g/mol. The smallest absolute Gasteiger partial charge is 0.130 e. The fourth-order valence-electron chi connectivity index (χ4n) is 3.30. The van der Waals surface area contributed by atoms with E-state index in [-0.39, 0.29) is 11.5 Å². The van der Waals surface area contributed by atoms with Gasteiger partial charge in [-0.2, -0.15) is 0 Å². The van der Waals surface area contributed by atoms with Crippen LogP contribution in [0.5, 0.6) is 11.5 Å². The maximum atomic E-state index is 10.8. The fourth-order valence-corrected chi connectivity index (χ4v) is 3.30. The minimum atomic E-state index is 0.108. The molecular formula is C26H20O2. The van der Waals surface area contributed by atoms with Gasteiger partial charge in [0, 0.05) is 29.4 Å². The van der Waals surface area contributed by atoms with Gasteiger partial charge in [0.25, 0.3) is 0 Å². The van der Waals surface area contributed by atoms with Gasteiger partial charge in [-0.25, -0.2) is 0 Å². The number of benzene rings is 4. The number of phenols is 2. The van der Waals surface area contributed by atoms with Crippen LogP contribution in [-0.4, -0.2) is 10.2 Å². The van der Waals surface area contributed by atoms with Gasteiger partial charge in [-0.3, -0.25) is 0 Å². The molecule has 2 nitrogen and oxygen atoms in total. The maximum Gasteiger partial charge on any atom is 0.130 e. The lowest BCUT2D eigenvalue weighted by Crippen LogP contribution is -1.91. The Morgan fingerprint density at radius 2 is 1.39 bits per heavy atom. The standard InChI is InChI=1S/C26H20O2/c27-25-18-22-15-14-21(13-7-12-19-8-3-1-4-9-19)16-23(22)26(28)24(25)17-20-10-5-2-6-11-20/h1-6,8-11,14-16,18,27-28H,12,17H2. The van der Waals surface area contributed by atoms with Crippen molar-refractivity contribution in [3.63, 3.8) is 0 Å². The Bertz CT molecular complexity index is 1170. The van der Waals surface area contributed by atoms with E-state index in [4.69, 9.17) is 0 Å². The topological polar surface area (TPSA) is 40.5 Å². The van der Waals surface area contributed by atoms with Crippen LogP contribution in [0.2, 0.25) is 0 Å². The van der Waals surface area contributed by atoms with E-state index in [0.717, 1.165) is 16.5 Å². The minimum absolute atomic E-state index is 0.108. The summed E-state index contributed by atoms with van der Waals surface area (Å²) in [5.41, 5.74) is 3.59. The zero-order chi connectivity index (χ0) is 19.3. The van der Waals surface area contributed by atoms with E-state index in [9.17, 15) is 10.2 Å². The molecule has 28 heavy (non-hydrogen) atoms. The molecule has 0 aromatic heterocycles. The van der Waals surface area contributed by atoms with Crippen LogP contribution in [0.25, 0.3) is 10.8 Å². The van der Waals surface area contributed by atoms with E-state index in [1.807, 2.05) is 66.7 Å². The number of phenolic OH excluding ortho intramolecular Hbond substituents is 2. The first-order valence-electron chi connectivity index (χ1n) is 9.25. The van der Waals surface area contributed by atoms with Gasteiger partial charge < -0.3 is 10.2 Å². The van der Waals surface area contributed by atoms with Crippen LogP contribution < -0.4 is 0 Å². The first-order chi connectivity index (χ1) is 13.7. The highest BCUT2D eigenvalue weighted by atomic mass is 16.3. The van der Waals surface area contributed by atoms with Gasteiger partial charge in [-0.05, 0) is 34.7 Å². The van der Waals surface area contributed by atoms with Crippen LogP contribution in [0, 0.1) is 11.8 Å². The van der Waals surface area contributed by atoms with Crippen molar-refractivity contribution in [1.82, 2.24) is 0 Å². The summed E-state index contributed by atoms with van der Waals surface area (Å²) in [5, 5.41) is 22.7. The van der Waals surface area contributed by atoms with E-state index in [0.29, 0.717) is 23.8 Å². The van der Waals surface area contributed by atoms with Gasteiger partial charge in [0.15, 0.2) is 0 Å². The van der Waals surface area contributed by atoms with Crippen LogP contribution in [0.1, 0.15) is 22.3 Å². The van der Waals surface area contributed by atoms with E-state index in [1.165, 1.54) is 5.56 Å². The zero-order valence-electron chi connectivity index (χ0n) is 15.4. The van der Waals surface area contributed by atoms with Crippen molar-refractivity contribution in [2.24, 2.45) is 0 Å². The number of hydrogen-bond donors (Lipinski definition) is 2. The van der Waals surface area contributed by atoms with Crippen molar-refractivity contribution in [3.05, 3.63) is 107 Å². The van der Waals surface area contributed by atoms with Crippen molar-refractivity contribution < 1.29 is 10.2 Å².